The lowest BCUT2D eigenvalue weighted by atomic mass is 9.78. The van der Waals surface area contributed by atoms with Crippen LogP contribution in [0.3, 0.4) is 0 Å². The summed E-state index contributed by atoms with van der Waals surface area (Å²) in [6.45, 7) is 4.74. The van der Waals surface area contributed by atoms with Gasteiger partial charge in [-0.3, -0.25) is 14.5 Å². The first kappa shape index (κ1) is 25.1. The minimum atomic E-state index is -1.60. The van der Waals surface area contributed by atoms with E-state index in [-0.39, 0.29) is 22.9 Å². The van der Waals surface area contributed by atoms with Crippen LogP contribution >= 0.6 is 11.6 Å². The van der Waals surface area contributed by atoms with E-state index in [1.54, 1.807) is 14.0 Å². The predicted molar refractivity (Wildman–Crippen MR) is 116 cm³/mol. The smallest absolute Gasteiger partial charge is 0.218 e. The van der Waals surface area contributed by atoms with E-state index >= 15 is 0 Å². The Balaban J connectivity index is 1.76. The zero-order valence-electron chi connectivity index (χ0n) is 18.7. The van der Waals surface area contributed by atoms with E-state index in [1.165, 1.54) is 26.0 Å². The van der Waals surface area contributed by atoms with Gasteiger partial charge in [0.25, 0.3) is 0 Å². The second-order valence-corrected chi connectivity index (χ2v) is 9.15. The summed E-state index contributed by atoms with van der Waals surface area (Å²) < 4.78 is 47.9. The van der Waals surface area contributed by atoms with Crippen LogP contribution in [0.4, 0.5) is 13.2 Å². The van der Waals surface area contributed by atoms with E-state index in [2.05, 4.69) is 9.97 Å². The average molecular weight is 484 g/mol. The second-order valence-electron chi connectivity index (χ2n) is 8.76. The van der Waals surface area contributed by atoms with Crippen molar-refractivity contribution in [2.75, 3.05) is 13.6 Å². The largest absolute Gasteiger partial charge is 0.473 e. The van der Waals surface area contributed by atoms with E-state index in [0.717, 1.165) is 12.1 Å². The molecule has 1 aromatic carbocycles. The van der Waals surface area contributed by atoms with Crippen molar-refractivity contribution in [3.05, 3.63) is 52.4 Å². The molecule has 2 aromatic rings. The van der Waals surface area contributed by atoms with Gasteiger partial charge in [0.2, 0.25) is 17.5 Å². The molecule has 0 amide bonds. The molecule has 1 saturated heterocycles. The molecule has 2 heterocycles. The lowest BCUT2D eigenvalue weighted by Gasteiger charge is -2.26. The monoisotopic (exact) mass is 483 g/mol. The Labute approximate surface area is 195 Å². The van der Waals surface area contributed by atoms with Crippen molar-refractivity contribution in [2.45, 2.75) is 57.3 Å². The first-order chi connectivity index (χ1) is 15.4. The van der Waals surface area contributed by atoms with Crippen LogP contribution in [0, 0.1) is 11.6 Å². The summed E-state index contributed by atoms with van der Waals surface area (Å²) in [6.07, 6.45) is -1.79. The second kappa shape index (κ2) is 9.77. The van der Waals surface area contributed by atoms with Crippen LogP contribution in [0.1, 0.15) is 49.8 Å². The zero-order valence-corrected chi connectivity index (χ0v) is 19.5. The lowest BCUT2D eigenvalue weighted by Crippen LogP contribution is -2.38. The SMILES string of the molecule is C[C@H](Oc1cc(Cl)nc(C(=O)CC(=O)C(C)(C)c2c(F)cccc2F)n1)[C@@H]1C[C@@H](F)CN1C. The van der Waals surface area contributed by atoms with Crippen LogP contribution in [-0.2, 0) is 10.2 Å². The molecule has 0 saturated carbocycles. The van der Waals surface area contributed by atoms with Crippen molar-refractivity contribution in [1.82, 2.24) is 14.9 Å². The molecule has 10 heteroatoms. The number of alkyl halides is 1. The molecule has 0 N–H and O–H groups in total. The molecule has 0 spiro atoms. The first-order valence-corrected chi connectivity index (χ1v) is 10.8. The van der Waals surface area contributed by atoms with E-state index in [4.69, 9.17) is 16.3 Å². The van der Waals surface area contributed by atoms with Gasteiger partial charge in [0.1, 0.15) is 29.1 Å². The quantitative estimate of drug-likeness (QED) is 0.316. The fourth-order valence-electron chi connectivity index (χ4n) is 4.05. The highest BCUT2D eigenvalue weighted by Crippen LogP contribution is 2.31. The molecule has 178 valence electrons. The molecule has 0 bridgehead atoms. The molecule has 6 nitrogen and oxygen atoms in total. The standard InChI is InChI=1S/C23H25ClF3N3O3/c1-12(16-8-13(25)11-30(16)4)33-20-10-19(24)28-22(29-20)17(31)9-18(32)23(2,3)21-14(26)6-5-7-15(21)27/h5-7,10,12-13,16H,8-9,11H2,1-4H3/t12-,13+,16-/m0/s1. The Hall–Kier alpha value is -2.52. The predicted octanol–water partition coefficient (Wildman–Crippen LogP) is 4.34. The van der Waals surface area contributed by atoms with Crippen LogP contribution in [-0.4, -0.2) is 58.3 Å². The number of carbonyl (C=O) groups excluding carboxylic acids is 2. The Morgan fingerprint density at radius 2 is 1.91 bits per heavy atom. The van der Waals surface area contributed by atoms with Crippen molar-refractivity contribution in [1.29, 1.82) is 0 Å². The number of ether oxygens (including phenoxy) is 1. The van der Waals surface area contributed by atoms with Gasteiger partial charge in [-0.15, -0.1) is 0 Å². The summed E-state index contributed by atoms with van der Waals surface area (Å²) in [5, 5.41) is -0.0782. The van der Waals surface area contributed by atoms with E-state index in [0.29, 0.717) is 13.0 Å². The molecule has 1 fully saturated rings. The number of Topliss-reactive ketones (excluding diaryl/α,β-unsaturated/α-hetero) is 2. The molecule has 0 unspecified atom stereocenters. The van der Waals surface area contributed by atoms with Crippen molar-refractivity contribution in [3.63, 3.8) is 0 Å². The van der Waals surface area contributed by atoms with Crippen LogP contribution in [0.15, 0.2) is 24.3 Å². The van der Waals surface area contributed by atoms with Gasteiger partial charge in [0, 0.05) is 24.2 Å². The third kappa shape index (κ3) is 5.52. The van der Waals surface area contributed by atoms with Crippen molar-refractivity contribution in [3.8, 4) is 5.88 Å². The first-order valence-electron chi connectivity index (χ1n) is 10.5. The van der Waals surface area contributed by atoms with Crippen molar-refractivity contribution >= 4 is 23.2 Å². The number of hydrogen-bond acceptors (Lipinski definition) is 6. The van der Waals surface area contributed by atoms with Crippen LogP contribution in [0.2, 0.25) is 5.15 Å². The van der Waals surface area contributed by atoms with Gasteiger partial charge in [-0.05, 0) is 46.4 Å². The van der Waals surface area contributed by atoms with E-state index < -0.39 is 52.9 Å². The van der Waals surface area contributed by atoms with Gasteiger partial charge in [-0.2, -0.15) is 4.98 Å². The molecule has 3 rings (SSSR count). The molecule has 0 radical (unpaired) electrons. The maximum Gasteiger partial charge on any atom is 0.218 e. The van der Waals surface area contributed by atoms with Gasteiger partial charge < -0.3 is 4.74 Å². The summed E-state index contributed by atoms with van der Waals surface area (Å²) in [6, 6.07) is 4.42. The number of ketones is 2. The number of nitrogens with zero attached hydrogens (tertiary/aromatic N) is 3. The van der Waals surface area contributed by atoms with Crippen LogP contribution < -0.4 is 4.74 Å². The number of rotatable bonds is 8. The van der Waals surface area contributed by atoms with Gasteiger partial charge in [-0.25, -0.2) is 18.2 Å². The summed E-state index contributed by atoms with van der Waals surface area (Å²) in [4.78, 5) is 35.3. The number of hydrogen-bond donors (Lipinski definition) is 0. The average Bonchev–Trinajstić information content (AvgIpc) is 3.05. The van der Waals surface area contributed by atoms with Gasteiger partial charge in [0.05, 0.1) is 11.8 Å². The van der Waals surface area contributed by atoms with Crippen molar-refractivity contribution in [2.24, 2.45) is 0 Å². The number of likely N-dealkylation sites (tertiary alicyclic amines) is 1. The van der Waals surface area contributed by atoms with Crippen LogP contribution in [0.5, 0.6) is 5.88 Å². The van der Waals surface area contributed by atoms with E-state index in [9.17, 15) is 22.8 Å². The minimum absolute atomic E-state index is 0.00779. The maximum atomic E-state index is 14.2. The summed E-state index contributed by atoms with van der Waals surface area (Å²) in [5.74, 6) is -3.59. The van der Waals surface area contributed by atoms with Gasteiger partial charge in [-0.1, -0.05) is 17.7 Å². The van der Waals surface area contributed by atoms with E-state index in [1.807, 2.05) is 4.90 Å². The number of carbonyl (C=O) groups is 2. The third-order valence-corrected chi connectivity index (χ3v) is 6.12. The fourth-order valence-corrected chi connectivity index (χ4v) is 4.22. The molecular formula is C23H25ClF3N3O3. The maximum absolute atomic E-state index is 14.2. The number of benzene rings is 1. The van der Waals surface area contributed by atoms with Crippen LogP contribution in [0.25, 0.3) is 0 Å². The lowest BCUT2D eigenvalue weighted by molar-refractivity contribution is -0.122. The third-order valence-electron chi connectivity index (χ3n) is 5.92. The molecule has 3 atom stereocenters. The highest BCUT2D eigenvalue weighted by Gasteiger charge is 2.37. The Morgan fingerprint density at radius 3 is 2.48 bits per heavy atom. The molecular weight excluding hydrogens is 459 g/mol. The fraction of sp³-hybridized carbons (Fsp3) is 0.478. The topological polar surface area (TPSA) is 72.4 Å². The molecule has 0 aliphatic carbocycles. The Kier molecular flexibility index (Phi) is 7.43. The summed E-state index contributed by atoms with van der Waals surface area (Å²) in [7, 11) is 1.79. The number of halogens is 4. The zero-order chi connectivity index (χ0) is 24.5. The van der Waals surface area contributed by atoms with Gasteiger partial charge in [0.15, 0.2) is 5.78 Å². The summed E-state index contributed by atoms with van der Waals surface area (Å²) >= 11 is 6.02. The normalized spacial score (nSPS) is 20.0. The highest BCUT2D eigenvalue weighted by atomic mass is 35.5. The Bertz CT molecular complexity index is 1050. The number of likely N-dealkylation sites (N-methyl/N-ethyl adjacent to an activating group) is 1. The van der Waals surface area contributed by atoms with Gasteiger partial charge >= 0.3 is 0 Å². The number of aromatic nitrogens is 2. The Morgan fingerprint density at radius 1 is 1.27 bits per heavy atom. The molecule has 1 aromatic heterocycles. The summed E-state index contributed by atoms with van der Waals surface area (Å²) in [5.41, 5.74) is -2.02. The highest BCUT2D eigenvalue weighted by molar-refractivity contribution is 6.29. The minimum Gasteiger partial charge on any atom is -0.473 e. The molecule has 1 aliphatic rings. The van der Waals surface area contributed by atoms with Crippen molar-refractivity contribution < 1.29 is 27.5 Å². The molecule has 33 heavy (non-hydrogen) atoms. The molecule has 1 aliphatic heterocycles.